The van der Waals surface area contributed by atoms with E-state index >= 15 is 0 Å². The highest BCUT2D eigenvalue weighted by molar-refractivity contribution is 8.00. The Hall–Kier alpha value is -2.84. The fraction of sp³-hybridized carbons (Fsp3) is 0.433. The lowest BCUT2D eigenvalue weighted by molar-refractivity contribution is -0.123. The number of carbonyl (C=O) groups is 2. The number of imide groups is 1. The summed E-state index contributed by atoms with van der Waals surface area (Å²) in [6.07, 6.45) is 0.890. The second-order valence-corrected chi connectivity index (χ2v) is 14.2. The maximum absolute atomic E-state index is 13.9. The summed E-state index contributed by atoms with van der Waals surface area (Å²) in [5.41, 5.74) is 3.13. The summed E-state index contributed by atoms with van der Waals surface area (Å²) < 4.78 is 5.26. The van der Waals surface area contributed by atoms with Crippen molar-refractivity contribution in [2.24, 2.45) is 29.6 Å². The van der Waals surface area contributed by atoms with Crippen LogP contribution in [0, 0.1) is 29.6 Å². The van der Waals surface area contributed by atoms with Crippen LogP contribution in [0.25, 0.3) is 0 Å². The maximum Gasteiger partial charge on any atom is 0.305 e. The molecule has 1 N–H and O–H groups in total. The van der Waals surface area contributed by atoms with Crippen molar-refractivity contribution in [3.8, 4) is 5.75 Å². The number of hydrogen-bond acceptors (Lipinski definition) is 6. The first-order valence-corrected chi connectivity index (χ1v) is 14.9. The lowest BCUT2D eigenvalue weighted by Gasteiger charge is -2.43. The Morgan fingerprint density at radius 2 is 1.58 bits per heavy atom. The van der Waals surface area contributed by atoms with E-state index in [0.29, 0.717) is 11.4 Å². The molecule has 1 aromatic heterocycles. The molecule has 7 atom stereocenters. The zero-order chi connectivity index (χ0) is 26.5. The number of amides is 2. The number of ether oxygens (including phenoxy) is 1. The third-order valence-corrected chi connectivity index (χ3v) is 11.8. The second kappa shape index (κ2) is 8.33. The number of anilines is 1. The molecule has 4 aliphatic rings. The largest absolute Gasteiger partial charge is 0.497 e. The van der Waals surface area contributed by atoms with E-state index < -0.39 is 0 Å². The fourth-order valence-electron chi connectivity index (χ4n) is 7.57. The van der Waals surface area contributed by atoms with Gasteiger partial charge in [0.25, 0.3) is 0 Å². The maximum atomic E-state index is 13.9. The van der Waals surface area contributed by atoms with Gasteiger partial charge in [0, 0.05) is 16.0 Å². The van der Waals surface area contributed by atoms with Gasteiger partial charge in [-0.3, -0.25) is 19.3 Å². The predicted molar refractivity (Wildman–Crippen MR) is 149 cm³/mol. The Morgan fingerprint density at radius 1 is 0.921 bits per heavy atom. The van der Waals surface area contributed by atoms with Crippen LogP contribution < -0.4 is 14.5 Å². The van der Waals surface area contributed by atoms with Gasteiger partial charge < -0.3 is 9.72 Å². The summed E-state index contributed by atoms with van der Waals surface area (Å²) in [6.45, 7) is 6.62. The molecule has 2 saturated carbocycles. The van der Waals surface area contributed by atoms with Gasteiger partial charge >= 0.3 is 4.87 Å². The smallest absolute Gasteiger partial charge is 0.305 e. The molecule has 3 aromatic rings. The number of aromatic nitrogens is 1. The SMILES string of the molecule is COc1ccc(N2C(=O)C3C4CC(C3C2=O)C2C4Sc3[nH]c(=O)sc3[C@@H]2c2ccc(C(C)(C)C)cc2)cc1. The lowest BCUT2D eigenvalue weighted by atomic mass is 9.68. The molecule has 1 saturated heterocycles. The minimum atomic E-state index is -0.301. The molecule has 8 heteroatoms. The van der Waals surface area contributed by atoms with Gasteiger partial charge in [-0.25, -0.2) is 0 Å². The zero-order valence-corrected chi connectivity index (χ0v) is 23.4. The van der Waals surface area contributed by atoms with E-state index in [4.69, 9.17) is 4.74 Å². The molecule has 6 nitrogen and oxygen atoms in total. The first kappa shape index (κ1) is 24.2. The Balaban J connectivity index is 1.29. The van der Waals surface area contributed by atoms with Crippen LogP contribution in [0.2, 0.25) is 0 Å². The number of methoxy groups -OCH3 is 1. The summed E-state index contributed by atoms with van der Waals surface area (Å²) in [5.74, 6) is 0.428. The van der Waals surface area contributed by atoms with E-state index in [9.17, 15) is 14.4 Å². The number of nitrogens with zero attached hydrogens (tertiary/aromatic N) is 1. The fourth-order valence-corrected chi connectivity index (χ4v) is 10.5. The van der Waals surface area contributed by atoms with E-state index in [1.54, 1.807) is 43.1 Å². The number of hydrogen-bond donors (Lipinski definition) is 1. The van der Waals surface area contributed by atoms with Crippen molar-refractivity contribution in [3.05, 3.63) is 74.2 Å². The van der Waals surface area contributed by atoms with Crippen molar-refractivity contribution >= 4 is 40.6 Å². The first-order valence-electron chi connectivity index (χ1n) is 13.2. The van der Waals surface area contributed by atoms with E-state index in [2.05, 4.69) is 50.0 Å². The predicted octanol–water partition coefficient (Wildman–Crippen LogP) is 5.42. The molecular weight excluding hydrogens is 516 g/mol. The normalized spacial score (nSPS) is 31.4. The van der Waals surface area contributed by atoms with Gasteiger partial charge in [-0.2, -0.15) is 0 Å². The monoisotopic (exact) mass is 546 g/mol. The van der Waals surface area contributed by atoms with Crippen molar-refractivity contribution in [2.75, 3.05) is 12.0 Å². The minimum Gasteiger partial charge on any atom is -0.497 e. The molecule has 0 radical (unpaired) electrons. The molecule has 2 aliphatic heterocycles. The second-order valence-electron chi connectivity index (χ2n) is 12.0. The van der Waals surface area contributed by atoms with E-state index in [1.165, 1.54) is 27.4 Å². The molecule has 196 valence electrons. The van der Waals surface area contributed by atoms with Gasteiger partial charge in [-0.15, -0.1) is 11.8 Å². The van der Waals surface area contributed by atoms with Crippen LogP contribution in [0.3, 0.4) is 0 Å². The number of thiazole rings is 1. The third kappa shape index (κ3) is 3.35. The molecule has 2 aliphatic carbocycles. The van der Waals surface area contributed by atoms with Crippen LogP contribution in [0.1, 0.15) is 49.1 Å². The number of rotatable bonds is 3. The van der Waals surface area contributed by atoms with Crippen molar-refractivity contribution in [1.29, 1.82) is 0 Å². The summed E-state index contributed by atoms with van der Waals surface area (Å²) >= 11 is 3.03. The van der Waals surface area contributed by atoms with Gasteiger partial charge in [0.15, 0.2) is 0 Å². The van der Waals surface area contributed by atoms with Gasteiger partial charge in [0.2, 0.25) is 11.8 Å². The van der Waals surface area contributed by atoms with Crippen LogP contribution >= 0.6 is 23.1 Å². The topological polar surface area (TPSA) is 79.5 Å². The summed E-state index contributed by atoms with van der Waals surface area (Å²) in [4.78, 5) is 45.7. The molecule has 7 rings (SSSR count). The van der Waals surface area contributed by atoms with Gasteiger partial charge in [0.1, 0.15) is 5.75 Å². The number of carbonyl (C=O) groups excluding carboxylic acids is 2. The first-order chi connectivity index (χ1) is 18.2. The van der Waals surface area contributed by atoms with Crippen molar-refractivity contribution in [2.45, 2.75) is 48.8 Å². The highest BCUT2D eigenvalue weighted by atomic mass is 32.2. The zero-order valence-electron chi connectivity index (χ0n) is 21.8. The molecule has 3 heterocycles. The molecule has 38 heavy (non-hydrogen) atoms. The van der Waals surface area contributed by atoms with Crippen molar-refractivity contribution in [3.63, 3.8) is 0 Å². The Morgan fingerprint density at radius 3 is 2.21 bits per heavy atom. The quantitative estimate of drug-likeness (QED) is 0.444. The molecule has 3 fully saturated rings. The number of fused-ring (bicyclic) bond motifs is 9. The molecule has 2 bridgehead atoms. The summed E-state index contributed by atoms with van der Waals surface area (Å²) in [6, 6.07) is 16.0. The van der Waals surface area contributed by atoms with E-state index in [0.717, 1.165) is 16.3 Å². The highest BCUT2D eigenvalue weighted by Crippen LogP contribution is 2.68. The Bertz CT molecular complexity index is 1500. The van der Waals surface area contributed by atoms with Crippen LogP contribution in [0.4, 0.5) is 5.69 Å². The van der Waals surface area contributed by atoms with Gasteiger partial charge in [-0.05, 0) is 65.0 Å². The Labute approximate surface area is 229 Å². The van der Waals surface area contributed by atoms with Gasteiger partial charge in [-0.1, -0.05) is 56.4 Å². The summed E-state index contributed by atoms with van der Waals surface area (Å²) in [5, 5.41) is 1.14. The number of aromatic amines is 1. The molecular formula is C30H30N2O4S2. The van der Waals surface area contributed by atoms with Crippen LogP contribution in [0.15, 0.2) is 58.4 Å². The van der Waals surface area contributed by atoms with Crippen LogP contribution in [-0.2, 0) is 15.0 Å². The van der Waals surface area contributed by atoms with Crippen LogP contribution in [-0.4, -0.2) is 29.2 Å². The average Bonchev–Trinajstić information content (AvgIpc) is 3.62. The number of H-pyrrole nitrogens is 1. The highest BCUT2D eigenvalue weighted by Gasteiger charge is 2.69. The number of thioether (sulfide) groups is 1. The summed E-state index contributed by atoms with van der Waals surface area (Å²) in [7, 11) is 1.60. The van der Waals surface area contributed by atoms with Crippen molar-refractivity contribution in [1.82, 2.24) is 4.98 Å². The van der Waals surface area contributed by atoms with Gasteiger partial charge in [0.05, 0.1) is 29.7 Å². The van der Waals surface area contributed by atoms with Crippen molar-refractivity contribution < 1.29 is 14.3 Å². The molecule has 2 amide bonds. The standard InChI is InChI=1S/C30H30N2O4S2/c1-30(2,3)15-7-5-14(6-8-15)20-21-18-13-19(24(21)37-26-25(20)38-29(35)31-26)23-22(18)27(33)32(28(23)34)16-9-11-17(36-4)12-10-16/h5-12,18-24H,13H2,1-4H3,(H,31,35)/t18?,19?,20-,21?,22?,23?,24?/m1/s1. The molecule has 0 spiro atoms. The lowest BCUT2D eigenvalue weighted by Crippen LogP contribution is -2.42. The minimum absolute atomic E-state index is 0.0378. The number of benzene rings is 2. The molecule has 2 aromatic carbocycles. The molecule has 6 unspecified atom stereocenters. The van der Waals surface area contributed by atoms with E-state index in [-0.39, 0.29) is 62.9 Å². The average molecular weight is 547 g/mol. The van der Waals surface area contributed by atoms with E-state index in [1.807, 2.05) is 0 Å². The third-order valence-electron chi connectivity index (χ3n) is 9.19. The Kier molecular flexibility index (Phi) is 5.31. The van der Waals surface area contributed by atoms with Crippen LogP contribution in [0.5, 0.6) is 5.75 Å². The number of nitrogens with one attached hydrogen (secondary N) is 1.